The predicted molar refractivity (Wildman–Crippen MR) is 44.9 cm³/mol. The van der Waals surface area contributed by atoms with Crippen molar-refractivity contribution in [2.24, 2.45) is 0 Å². The molecule has 0 N–H and O–H groups in total. The Morgan fingerprint density at radius 2 is 1.78 bits per heavy atom. The molecule has 2 atom stereocenters. The second-order valence-corrected chi connectivity index (χ2v) is 3.54. The van der Waals surface area contributed by atoms with Crippen LogP contribution < -0.4 is 0 Å². The van der Waals surface area contributed by atoms with Gasteiger partial charge in [0, 0.05) is 16.6 Å². The summed E-state index contributed by atoms with van der Waals surface area (Å²) in [4.78, 5) is 0. The van der Waals surface area contributed by atoms with Gasteiger partial charge in [0.1, 0.15) is 0 Å². The van der Waals surface area contributed by atoms with E-state index >= 15 is 0 Å². The first-order valence-electron chi connectivity index (χ1n) is 3.04. The van der Waals surface area contributed by atoms with Crippen molar-refractivity contribution in [1.82, 2.24) is 0 Å². The Bertz CT molecular complexity index is 57.3. The maximum atomic E-state index is 5.80. The number of hydrogen-bond donors (Lipinski definition) is 0. The van der Waals surface area contributed by atoms with Gasteiger partial charge in [0.2, 0.25) is 0 Å². The molecule has 0 heterocycles. The summed E-state index contributed by atoms with van der Waals surface area (Å²) in [6.45, 7) is 2.04. The van der Waals surface area contributed by atoms with Crippen molar-refractivity contribution in [3.05, 3.63) is 0 Å². The van der Waals surface area contributed by atoms with Crippen molar-refractivity contribution < 1.29 is 0 Å². The first kappa shape index (κ1) is 9.87. The molecular weight excluding hydrogens is 178 g/mol. The Labute approximate surface area is 71.5 Å². The molecule has 0 spiro atoms. The Morgan fingerprint density at radius 1 is 1.22 bits per heavy atom. The van der Waals surface area contributed by atoms with Crippen LogP contribution >= 0.6 is 34.8 Å². The summed E-state index contributed by atoms with van der Waals surface area (Å²) in [5, 5.41) is 0.223. The van der Waals surface area contributed by atoms with Gasteiger partial charge in [0.05, 0.1) is 0 Å². The van der Waals surface area contributed by atoms with Crippen LogP contribution in [-0.2, 0) is 0 Å². The normalized spacial score (nSPS) is 17.3. The number of rotatable bonds is 4. The SMILES string of the molecule is CCC(Cl)CC(Cl)CCl. The van der Waals surface area contributed by atoms with Crippen molar-refractivity contribution in [3.63, 3.8) is 0 Å². The van der Waals surface area contributed by atoms with E-state index in [0.29, 0.717) is 5.88 Å². The maximum absolute atomic E-state index is 5.80. The predicted octanol–water partition coefficient (Wildman–Crippen LogP) is 3.24. The first-order chi connectivity index (χ1) is 4.20. The average Bonchev–Trinajstić information content (AvgIpc) is 1.87. The van der Waals surface area contributed by atoms with Crippen LogP contribution in [0, 0.1) is 0 Å². The number of hydrogen-bond acceptors (Lipinski definition) is 0. The summed E-state index contributed by atoms with van der Waals surface area (Å²) in [5.74, 6) is 0.491. The molecule has 0 saturated carbocycles. The van der Waals surface area contributed by atoms with Crippen LogP contribution in [-0.4, -0.2) is 16.6 Å². The highest BCUT2D eigenvalue weighted by molar-refractivity contribution is 6.28. The Balaban J connectivity index is 3.22. The molecule has 2 unspecified atom stereocenters. The molecule has 9 heavy (non-hydrogen) atoms. The fourth-order valence-corrected chi connectivity index (χ4v) is 1.15. The third-order valence-corrected chi connectivity index (χ3v) is 2.47. The molecule has 0 fully saturated rings. The number of halogens is 3. The molecular formula is C6H11Cl3. The van der Waals surface area contributed by atoms with Gasteiger partial charge >= 0.3 is 0 Å². The summed E-state index contributed by atoms with van der Waals surface area (Å²) in [5.41, 5.74) is 0. The lowest BCUT2D eigenvalue weighted by atomic mass is 10.2. The average molecular weight is 190 g/mol. The molecule has 0 rings (SSSR count). The van der Waals surface area contributed by atoms with Gasteiger partial charge in [-0.25, -0.2) is 0 Å². The van der Waals surface area contributed by atoms with Crippen molar-refractivity contribution in [1.29, 1.82) is 0 Å². The minimum atomic E-state index is 0.0362. The van der Waals surface area contributed by atoms with Crippen LogP contribution in [0.5, 0.6) is 0 Å². The van der Waals surface area contributed by atoms with Crippen LogP contribution in [0.15, 0.2) is 0 Å². The van der Waals surface area contributed by atoms with Crippen molar-refractivity contribution in [2.45, 2.75) is 30.5 Å². The van der Waals surface area contributed by atoms with E-state index in [9.17, 15) is 0 Å². The molecule has 0 aliphatic rings. The summed E-state index contributed by atoms with van der Waals surface area (Å²) >= 11 is 17.0. The van der Waals surface area contributed by atoms with Crippen molar-refractivity contribution in [2.75, 3.05) is 5.88 Å². The van der Waals surface area contributed by atoms with E-state index < -0.39 is 0 Å². The van der Waals surface area contributed by atoms with E-state index in [1.165, 1.54) is 0 Å². The maximum Gasteiger partial charge on any atom is 0.0485 e. The van der Waals surface area contributed by atoms with Gasteiger partial charge in [-0.05, 0) is 12.8 Å². The third kappa shape index (κ3) is 5.32. The van der Waals surface area contributed by atoms with E-state index in [1.807, 2.05) is 6.92 Å². The lowest BCUT2D eigenvalue weighted by Gasteiger charge is -2.08. The second-order valence-electron chi connectivity index (χ2n) is 1.99. The third-order valence-electron chi connectivity index (χ3n) is 1.12. The molecule has 0 aromatic heterocycles. The smallest absolute Gasteiger partial charge is 0.0485 e. The zero-order chi connectivity index (χ0) is 7.28. The molecule has 3 heteroatoms. The molecule has 56 valence electrons. The molecule has 0 aromatic carbocycles. The zero-order valence-corrected chi connectivity index (χ0v) is 7.68. The van der Waals surface area contributed by atoms with Crippen molar-refractivity contribution in [3.8, 4) is 0 Å². The molecule has 0 bridgehead atoms. The highest BCUT2D eigenvalue weighted by atomic mass is 35.5. The Morgan fingerprint density at radius 3 is 2.11 bits per heavy atom. The molecule has 0 amide bonds. The second kappa shape index (κ2) is 5.64. The topological polar surface area (TPSA) is 0 Å². The highest BCUT2D eigenvalue weighted by Gasteiger charge is 2.08. The summed E-state index contributed by atoms with van der Waals surface area (Å²) in [7, 11) is 0. The minimum absolute atomic E-state index is 0.0362. The molecule has 0 saturated heterocycles. The van der Waals surface area contributed by atoms with Gasteiger partial charge in [0.15, 0.2) is 0 Å². The lowest BCUT2D eigenvalue weighted by molar-refractivity contribution is 0.720. The van der Waals surface area contributed by atoms with Gasteiger partial charge in [-0.3, -0.25) is 0 Å². The molecule has 0 aromatic rings. The minimum Gasteiger partial charge on any atom is -0.125 e. The van der Waals surface area contributed by atoms with Gasteiger partial charge < -0.3 is 0 Å². The summed E-state index contributed by atoms with van der Waals surface area (Å²) in [6, 6.07) is 0. The van der Waals surface area contributed by atoms with Gasteiger partial charge in [-0.15, -0.1) is 34.8 Å². The first-order valence-corrected chi connectivity index (χ1v) is 4.45. The van der Waals surface area contributed by atoms with Crippen LogP contribution in [0.3, 0.4) is 0 Å². The Kier molecular flexibility index (Phi) is 6.18. The van der Waals surface area contributed by atoms with E-state index in [2.05, 4.69) is 0 Å². The van der Waals surface area contributed by atoms with Gasteiger partial charge in [-0.2, -0.15) is 0 Å². The van der Waals surface area contributed by atoms with Gasteiger partial charge in [0.25, 0.3) is 0 Å². The summed E-state index contributed by atoms with van der Waals surface area (Å²) < 4.78 is 0. The van der Waals surface area contributed by atoms with Gasteiger partial charge in [-0.1, -0.05) is 6.92 Å². The molecule has 0 aliphatic carbocycles. The lowest BCUT2D eigenvalue weighted by Crippen LogP contribution is -2.08. The molecule has 0 radical (unpaired) electrons. The highest BCUT2D eigenvalue weighted by Crippen LogP contribution is 2.14. The van der Waals surface area contributed by atoms with Crippen molar-refractivity contribution >= 4 is 34.8 Å². The Hall–Kier alpha value is 0.870. The number of alkyl halides is 3. The fourth-order valence-electron chi connectivity index (χ4n) is 0.507. The summed E-state index contributed by atoms with van der Waals surface area (Å²) in [6.07, 6.45) is 1.77. The quantitative estimate of drug-likeness (QED) is 0.596. The molecule has 0 nitrogen and oxygen atoms in total. The monoisotopic (exact) mass is 188 g/mol. The fraction of sp³-hybridized carbons (Fsp3) is 1.00. The van der Waals surface area contributed by atoms with Crippen LogP contribution in [0.1, 0.15) is 19.8 Å². The van der Waals surface area contributed by atoms with E-state index in [0.717, 1.165) is 12.8 Å². The largest absolute Gasteiger partial charge is 0.125 e. The zero-order valence-electron chi connectivity index (χ0n) is 5.41. The van der Waals surface area contributed by atoms with Crippen LogP contribution in [0.25, 0.3) is 0 Å². The molecule has 0 aliphatic heterocycles. The van der Waals surface area contributed by atoms with Crippen LogP contribution in [0.2, 0.25) is 0 Å². The van der Waals surface area contributed by atoms with E-state index in [-0.39, 0.29) is 10.8 Å². The van der Waals surface area contributed by atoms with E-state index in [4.69, 9.17) is 34.8 Å². The van der Waals surface area contributed by atoms with Crippen LogP contribution in [0.4, 0.5) is 0 Å². The van der Waals surface area contributed by atoms with E-state index in [1.54, 1.807) is 0 Å². The standard InChI is InChI=1S/C6H11Cl3/c1-2-5(8)3-6(9)4-7/h5-6H,2-4H2,1H3.